The van der Waals surface area contributed by atoms with E-state index < -0.39 is 0 Å². The van der Waals surface area contributed by atoms with Crippen molar-refractivity contribution in [2.75, 3.05) is 0 Å². The van der Waals surface area contributed by atoms with Gasteiger partial charge in [-0.2, -0.15) is 0 Å². The number of fused-ring (bicyclic) bond motifs is 2. The molecular formula is C17H21ClN2O2. The van der Waals surface area contributed by atoms with Gasteiger partial charge in [0, 0.05) is 41.6 Å². The fourth-order valence-corrected chi connectivity index (χ4v) is 3.61. The fraction of sp³-hybridized carbons (Fsp3) is 0.529. The normalized spacial score (nSPS) is 26.7. The molecule has 2 atom stereocenters. The molecule has 2 aliphatic rings. The van der Waals surface area contributed by atoms with E-state index in [9.17, 15) is 9.59 Å². The van der Waals surface area contributed by atoms with Crippen LogP contribution >= 0.6 is 11.6 Å². The minimum Gasteiger partial charge on any atom is -0.353 e. The fourth-order valence-electron chi connectivity index (χ4n) is 3.48. The number of hydrogen-bond acceptors (Lipinski definition) is 3. The second-order valence-corrected chi connectivity index (χ2v) is 6.74. The Kier molecular flexibility index (Phi) is 4.79. The monoisotopic (exact) mass is 320 g/mol. The zero-order valence-corrected chi connectivity index (χ0v) is 13.2. The zero-order chi connectivity index (χ0) is 15.5. The molecule has 0 radical (unpaired) electrons. The van der Waals surface area contributed by atoms with Gasteiger partial charge in [0.2, 0.25) is 5.91 Å². The van der Waals surface area contributed by atoms with E-state index >= 15 is 0 Å². The van der Waals surface area contributed by atoms with E-state index in [4.69, 9.17) is 11.6 Å². The van der Waals surface area contributed by atoms with Crippen LogP contribution in [-0.4, -0.2) is 29.8 Å². The summed E-state index contributed by atoms with van der Waals surface area (Å²) < 4.78 is 0. The van der Waals surface area contributed by atoms with Crippen molar-refractivity contribution in [3.05, 3.63) is 34.9 Å². The highest BCUT2D eigenvalue weighted by molar-refractivity contribution is 6.30. The molecule has 1 aromatic carbocycles. The van der Waals surface area contributed by atoms with E-state index in [1.807, 2.05) is 0 Å². The Balaban J connectivity index is 1.44. The van der Waals surface area contributed by atoms with Gasteiger partial charge in [-0.25, -0.2) is 0 Å². The second kappa shape index (κ2) is 6.80. The maximum absolute atomic E-state index is 12.0. The van der Waals surface area contributed by atoms with Crippen LogP contribution in [-0.2, 0) is 4.79 Å². The number of carbonyl (C=O) groups excluding carboxylic acids is 2. The summed E-state index contributed by atoms with van der Waals surface area (Å²) in [5, 5.41) is 7.24. The third-order valence-electron chi connectivity index (χ3n) is 4.58. The second-order valence-electron chi connectivity index (χ2n) is 6.30. The van der Waals surface area contributed by atoms with Gasteiger partial charge in [-0.05, 0) is 49.9 Å². The van der Waals surface area contributed by atoms with Gasteiger partial charge in [-0.3, -0.25) is 9.59 Å². The van der Waals surface area contributed by atoms with Gasteiger partial charge in [0.15, 0.2) is 5.78 Å². The Morgan fingerprint density at radius 3 is 2.36 bits per heavy atom. The largest absolute Gasteiger partial charge is 0.353 e. The highest BCUT2D eigenvalue weighted by Crippen LogP contribution is 2.26. The zero-order valence-electron chi connectivity index (χ0n) is 12.5. The average molecular weight is 321 g/mol. The molecule has 1 aromatic rings. The summed E-state index contributed by atoms with van der Waals surface area (Å²) in [6.07, 6.45) is 4.94. The van der Waals surface area contributed by atoms with Crippen LogP contribution in [0, 0.1) is 0 Å². The number of nitrogens with one attached hydrogen (secondary N) is 2. The third-order valence-corrected chi connectivity index (χ3v) is 4.84. The summed E-state index contributed by atoms with van der Waals surface area (Å²) in [4.78, 5) is 24.1. The number of rotatable bonds is 5. The summed E-state index contributed by atoms with van der Waals surface area (Å²) in [5.41, 5.74) is 0.608. The van der Waals surface area contributed by atoms with Crippen molar-refractivity contribution in [3.63, 3.8) is 0 Å². The molecule has 2 bridgehead atoms. The van der Waals surface area contributed by atoms with Crippen LogP contribution in [0.2, 0.25) is 5.02 Å². The average Bonchev–Trinajstić information content (AvgIpc) is 2.84. The summed E-state index contributed by atoms with van der Waals surface area (Å²) in [6, 6.07) is 8.16. The van der Waals surface area contributed by atoms with Crippen LogP contribution in [0.1, 0.15) is 48.9 Å². The Hall–Kier alpha value is -1.39. The highest BCUT2D eigenvalue weighted by Gasteiger charge is 2.33. The SMILES string of the molecule is O=C(CCC(=O)c1ccc(Cl)cc1)NC1CC2CCC(C1)N2. The van der Waals surface area contributed by atoms with Crippen LogP contribution in [0.5, 0.6) is 0 Å². The lowest BCUT2D eigenvalue weighted by molar-refractivity contribution is -0.122. The number of halogens is 1. The Labute approximate surface area is 135 Å². The lowest BCUT2D eigenvalue weighted by Gasteiger charge is -2.29. The van der Waals surface area contributed by atoms with E-state index in [1.165, 1.54) is 12.8 Å². The molecule has 0 aliphatic carbocycles. The Morgan fingerprint density at radius 1 is 1.09 bits per heavy atom. The van der Waals surface area contributed by atoms with Crippen molar-refractivity contribution in [3.8, 4) is 0 Å². The van der Waals surface area contributed by atoms with Gasteiger partial charge in [-0.15, -0.1) is 0 Å². The Morgan fingerprint density at radius 2 is 1.73 bits per heavy atom. The smallest absolute Gasteiger partial charge is 0.220 e. The third kappa shape index (κ3) is 3.87. The van der Waals surface area contributed by atoms with Crippen molar-refractivity contribution in [1.29, 1.82) is 0 Å². The van der Waals surface area contributed by atoms with Gasteiger partial charge >= 0.3 is 0 Å². The molecular weight excluding hydrogens is 300 g/mol. The van der Waals surface area contributed by atoms with Crippen molar-refractivity contribution in [2.24, 2.45) is 0 Å². The van der Waals surface area contributed by atoms with Gasteiger partial charge < -0.3 is 10.6 Å². The van der Waals surface area contributed by atoms with E-state index in [1.54, 1.807) is 24.3 Å². The van der Waals surface area contributed by atoms with Crippen LogP contribution in [0.4, 0.5) is 0 Å². The lowest BCUT2D eigenvalue weighted by atomic mass is 9.99. The number of hydrogen-bond donors (Lipinski definition) is 2. The van der Waals surface area contributed by atoms with Gasteiger partial charge in [-0.1, -0.05) is 11.6 Å². The molecule has 0 saturated carbocycles. The van der Waals surface area contributed by atoms with Crippen LogP contribution in [0.15, 0.2) is 24.3 Å². The molecule has 2 N–H and O–H groups in total. The summed E-state index contributed by atoms with van der Waals surface area (Å²) in [6.45, 7) is 0. The van der Waals surface area contributed by atoms with Gasteiger partial charge in [0.05, 0.1) is 0 Å². The summed E-state index contributed by atoms with van der Waals surface area (Å²) >= 11 is 5.80. The first kappa shape index (κ1) is 15.5. The molecule has 22 heavy (non-hydrogen) atoms. The number of carbonyl (C=O) groups is 2. The van der Waals surface area contributed by atoms with Crippen molar-refractivity contribution in [1.82, 2.24) is 10.6 Å². The van der Waals surface area contributed by atoms with E-state index in [0.29, 0.717) is 22.7 Å². The molecule has 3 rings (SSSR count). The maximum Gasteiger partial charge on any atom is 0.220 e. The number of Topliss-reactive ketones (excluding diaryl/α,β-unsaturated/α-hetero) is 1. The quantitative estimate of drug-likeness (QED) is 0.820. The predicted octanol–water partition coefficient (Wildman–Crippen LogP) is 2.70. The van der Waals surface area contributed by atoms with Gasteiger partial charge in [0.25, 0.3) is 0 Å². The Bertz CT molecular complexity index is 546. The van der Waals surface area contributed by atoms with Crippen LogP contribution in [0.3, 0.4) is 0 Å². The number of ketones is 1. The van der Waals surface area contributed by atoms with Crippen molar-refractivity contribution in [2.45, 2.75) is 56.7 Å². The first-order valence-corrected chi connectivity index (χ1v) is 8.32. The molecule has 0 aromatic heterocycles. The molecule has 5 heteroatoms. The minimum absolute atomic E-state index is 0.0165. The van der Waals surface area contributed by atoms with E-state index in [0.717, 1.165) is 12.8 Å². The van der Waals surface area contributed by atoms with Crippen molar-refractivity contribution >= 4 is 23.3 Å². The molecule has 4 nitrogen and oxygen atoms in total. The standard InChI is InChI=1S/C17H21ClN2O2/c18-12-3-1-11(2-4-12)16(21)7-8-17(22)20-15-9-13-5-6-14(10-15)19-13/h1-4,13-15,19H,5-10H2,(H,20,22). The van der Waals surface area contributed by atoms with Gasteiger partial charge in [0.1, 0.15) is 0 Å². The molecule has 2 saturated heterocycles. The summed E-state index contributed by atoms with van der Waals surface area (Å²) in [7, 11) is 0. The molecule has 2 aliphatic heterocycles. The highest BCUT2D eigenvalue weighted by atomic mass is 35.5. The lowest BCUT2D eigenvalue weighted by Crippen LogP contribution is -2.48. The number of amides is 1. The van der Waals surface area contributed by atoms with E-state index in [2.05, 4.69) is 10.6 Å². The molecule has 1 amide bonds. The topological polar surface area (TPSA) is 58.2 Å². The number of piperidine rings is 1. The van der Waals surface area contributed by atoms with Crippen LogP contribution < -0.4 is 10.6 Å². The minimum atomic E-state index is -0.0198. The predicted molar refractivity (Wildman–Crippen MR) is 86.1 cm³/mol. The van der Waals surface area contributed by atoms with Crippen LogP contribution in [0.25, 0.3) is 0 Å². The molecule has 118 valence electrons. The molecule has 2 fully saturated rings. The molecule has 2 heterocycles. The first-order chi connectivity index (χ1) is 10.6. The van der Waals surface area contributed by atoms with E-state index in [-0.39, 0.29) is 30.6 Å². The summed E-state index contributed by atoms with van der Waals surface area (Å²) in [5.74, 6) is -0.0363. The maximum atomic E-state index is 12.0. The molecule has 2 unspecified atom stereocenters. The van der Waals surface area contributed by atoms with Crippen molar-refractivity contribution < 1.29 is 9.59 Å². The first-order valence-electron chi connectivity index (χ1n) is 7.94. The number of benzene rings is 1. The molecule has 0 spiro atoms.